The molecule has 0 amide bonds. The zero-order valence-corrected chi connectivity index (χ0v) is 9.70. The number of nitriles is 1. The lowest BCUT2D eigenvalue weighted by Gasteiger charge is -2.22. The van der Waals surface area contributed by atoms with Crippen LogP contribution in [0.2, 0.25) is 0 Å². The molecular weight excluding hydrogens is 184 g/mol. The van der Waals surface area contributed by atoms with Crippen LogP contribution in [0.1, 0.15) is 24.5 Å². The van der Waals surface area contributed by atoms with Gasteiger partial charge in [0.1, 0.15) is 0 Å². The zero-order valence-electron chi connectivity index (χ0n) is 9.70. The maximum atomic E-state index is 8.95. The topological polar surface area (TPSA) is 27.0 Å². The molecule has 1 atom stereocenters. The summed E-state index contributed by atoms with van der Waals surface area (Å²) in [5.74, 6) is 0. The van der Waals surface area contributed by atoms with Crippen molar-refractivity contribution < 1.29 is 0 Å². The fourth-order valence-electron chi connectivity index (χ4n) is 1.67. The highest BCUT2D eigenvalue weighted by molar-refractivity contribution is 5.25. The van der Waals surface area contributed by atoms with Crippen molar-refractivity contribution in [1.82, 2.24) is 4.90 Å². The fourth-order valence-corrected chi connectivity index (χ4v) is 1.67. The Kier molecular flexibility index (Phi) is 4.33. The molecule has 0 aliphatic rings. The largest absolute Gasteiger partial charge is 0.287 e. The highest BCUT2D eigenvalue weighted by Crippen LogP contribution is 2.12. The van der Waals surface area contributed by atoms with Gasteiger partial charge in [-0.3, -0.25) is 4.90 Å². The molecule has 0 aliphatic carbocycles. The van der Waals surface area contributed by atoms with Crippen LogP contribution >= 0.6 is 0 Å². The van der Waals surface area contributed by atoms with E-state index in [9.17, 15) is 0 Å². The van der Waals surface area contributed by atoms with Crippen LogP contribution in [0.25, 0.3) is 0 Å². The molecule has 0 bridgehead atoms. The third kappa shape index (κ3) is 3.07. The van der Waals surface area contributed by atoms with E-state index in [1.54, 1.807) is 0 Å². The Bertz CT molecular complexity index is 352. The Hall–Kier alpha value is -1.33. The lowest BCUT2D eigenvalue weighted by atomic mass is 10.1. The molecule has 0 fully saturated rings. The van der Waals surface area contributed by atoms with Crippen molar-refractivity contribution in [3.63, 3.8) is 0 Å². The second-order valence-electron chi connectivity index (χ2n) is 3.89. The summed E-state index contributed by atoms with van der Waals surface area (Å²) in [4.78, 5) is 2.10. The summed E-state index contributed by atoms with van der Waals surface area (Å²) >= 11 is 0. The molecule has 2 heteroatoms. The fraction of sp³-hybridized carbons (Fsp3) is 0.462. The van der Waals surface area contributed by atoms with E-state index >= 15 is 0 Å². The average molecular weight is 202 g/mol. The molecule has 0 N–H and O–H groups in total. The molecule has 0 saturated heterocycles. The Balaban J connectivity index is 2.70. The minimum absolute atomic E-state index is 0.0182. The lowest BCUT2D eigenvalue weighted by molar-refractivity contribution is 0.273. The monoisotopic (exact) mass is 202 g/mol. The molecule has 0 heterocycles. The van der Waals surface area contributed by atoms with Gasteiger partial charge in [0.15, 0.2) is 0 Å². The Morgan fingerprint density at radius 1 is 1.40 bits per heavy atom. The van der Waals surface area contributed by atoms with Crippen molar-refractivity contribution in [3.05, 3.63) is 35.4 Å². The summed E-state index contributed by atoms with van der Waals surface area (Å²) in [5.41, 5.74) is 2.59. The van der Waals surface area contributed by atoms with Crippen LogP contribution in [0.15, 0.2) is 24.3 Å². The smallest absolute Gasteiger partial charge is 0.0975 e. The molecule has 0 aliphatic heterocycles. The summed E-state index contributed by atoms with van der Waals surface area (Å²) in [6, 6.07) is 10.7. The van der Waals surface area contributed by atoms with Crippen molar-refractivity contribution in [2.75, 3.05) is 7.05 Å². The molecule has 0 saturated carbocycles. The molecule has 1 aromatic carbocycles. The molecule has 0 spiro atoms. The van der Waals surface area contributed by atoms with E-state index in [-0.39, 0.29) is 6.04 Å². The molecule has 80 valence electrons. The summed E-state index contributed by atoms with van der Waals surface area (Å²) in [6.45, 7) is 5.00. The number of benzene rings is 1. The first-order valence-corrected chi connectivity index (χ1v) is 5.33. The number of nitrogens with zero attached hydrogens (tertiary/aromatic N) is 2. The predicted octanol–water partition coefficient (Wildman–Crippen LogP) is 2.73. The minimum Gasteiger partial charge on any atom is -0.287 e. The van der Waals surface area contributed by atoms with Gasteiger partial charge in [-0.15, -0.1) is 0 Å². The van der Waals surface area contributed by atoms with E-state index in [0.717, 1.165) is 13.0 Å². The van der Waals surface area contributed by atoms with Crippen LogP contribution in [-0.4, -0.2) is 18.0 Å². The van der Waals surface area contributed by atoms with Crippen molar-refractivity contribution in [2.45, 2.75) is 32.9 Å². The second kappa shape index (κ2) is 5.53. The summed E-state index contributed by atoms with van der Waals surface area (Å²) in [6.07, 6.45) is 0.874. The van der Waals surface area contributed by atoms with E-state index in [1.165, 1.54) is 11.1 Å². The van der Waals surface area contributed by atoms with Crippen LogP contribution in [0.5, 0.6) is 0 Å². The molecule has 2 nitrogen and oxygen atoms in total. The van der Waals surface area contributed by atoms with Crippen LogP contribution in [-0.2, 0) is 6.54 Å². The predicted molar refractivity (Wildman–Crippen MR) is 62.3 cm³/mol. The first-order valence-electron chi connectivity index (χ1n) is 5.33. The van der Waals surface area contributed by atoms with Gasteiger partial charge in [-0.2, -0.15) is 5.26 Å². The number of hydrogen-bond acceptors (Lipinski definition) is 2. The number of aryl methyl sites for hydroxylation is 1. The molecule has 15 heavy (non-hydrogen) atoms. The Morgan fingerprint density at radius 3 is 2.60 bits per heavy atom. The van der Waals surface area contributed by atoms with Gasteiger partial charge < -0.3 is 0 Å². The highest BCUT2D eigenvalue weighted by Gasteiger charge is 2.12. The van der Waals surface area contributed by atoms with Crippen LogP contribution in [0, 0.1) is 18.3 Å². The average Bonchev–Trinajstić information content (AvgIpc) is 2.23. The van der Waals surface area contributed by atoms with Gasteiger partial charge >= 0.3 is 0 Å². The van der Waals surface area contributed by atoms with Gasteiger partial charge in [0.2, 0.25) is 0 Å². The third-order valence-corrected chi connectivity index (χ3v) is 2.75. The van der Waals surface area contributed by atoms with Gasteiger partial charge in [-0.25, -0.2) is 0 Å². The SMILES string of the molecule is CCC(C#N)N(C)Cc1ccccc1C. The van der Waals surface area contributed by atoms with Crippen molar-refractivity contribution in [2.24, 2.45) is 0 Å². The summed E-state index contributed by atoms with van der Waals surface area (Å²) < 4.78 is 0. The number of hydrogen-bond donors (Lipinski definition) is 0. The summed E-state index contributed by atoms with van der Waals surface area (Å²) in [7, 11) is 2.00. The van der Waals surface area contributed by atoms with E-state index in [4.69, 9.17) is 5.26 Å². The van der Waals surface area contributed by atoms with E-state index in [1.807, 2.05) is 26.1 Å². The van der Waals surface area contributed by atoms with Crippen molar-refractivity contribution in [3.8, 4) is 6.07 Å². The van der Waals surface area contributed by atoms with E-state index < -0.39 is 0 Å². The molecule has 1 rings (SSSR count). The van der Waals surface area contributed by atoms with Crippen molar-refractivity contribution in [1.29, 1.82) is 5.26 Å². The highest BCUT2D eigenvalue weighted by atomic mass is 15.1. The Morgan fingerprint density at radius 2 is 2.07 bits per heavy atom. The van der Waals surface area contributed by atoms with Crippen LogP contribution in [0.4, 0.5) is 0 Å². The maximum absolute atomic E-state index is 8.95. The van der Waals surface area contributed by atoms with Crippen LogP contribution < -0.4 is 0 Å². The summed E-state index contributed by atoms with van der Waals surface area (Å²) in [5, 5.41) is 8.95. The minimum atomic E-state index is 0.0182. The molecular formula is C13H18N2. The van der Waals surface area contributed by atoms with E-state index in [2.05, 4.69) is 30.0 Å². The molecule has 0 aromatic heterocycles. The van der Waals surface area contributed by atoms with E-state index in [0.29, 0.717) is 0 Å². The van der Waals surface area contributed by atoms with Crippen LogP contribution in [0.3, 0.4) is 0 Å². The quantitative estimate of drug-likeness (QED) is 0.750. The standard InChI is InChI=1S/C13H18N2/c1-4-13(9-14)15(3)10-12-8-6-5-7-11(12)2/h5-8,13H,4,10H2,1-3H3. The lowest BCUT2D eigenvalue weighted by Crippen LogP contribution is -2.29. The van der Waals surface area contributed by atoms with Gasteiger partial charge in [0, 0.05) is 6.54 Å². The first kappa shape index (κ1) is 11.7. The first-order chi connectivity index (χ1) is 7.19. The molecule has 1 unspecified atom stereocenters. The molecule has 0 radical (unpaired) electrons. The zero-order chi connectivity index (χ0) is 11.3. The van der Waals surface area contributed by atoms with Gasteiger partial charge in [-0.05, 0) is 31.5 Å². The van der Waals surface area contributed by atoms with Crippen molar-refractivity contribution >= 4 is 0 Å². The van der Waals surface area contributed by atoms with Gasteiger partial charge in [-0.1, -0.05) is 31.2 Å². The Labute approximate surface area is 92.1 Å². The second-order valence-corrected chi connectivity index (χ2v) is 3.89. The number of rotatable bonds is 4. The maximum Gasteiger partial charge on any atom is 0.0975 e. The molecule has 1 aromatic rings. The normalized spacial score (nSPS) is 12.5. The third-order valence-electron chi connectivity index (χ3n) is 2.75. The van der Waals surface area contributed by atoms with Gasteiger partial charge in [0.05, 0.1) is 12.1 Å². The van der Waals surface area contributed by atoms with Gasteiger partial charge in [0.25, 0.3) is 0 Å².